The molecule has 0 aromatic heterocycles. The van der Waals surface area contributed by atoms with Gasteiger partial charge in [0.2, 0.25) is 5.76 Å². The van der Waals surface area contributed by atoms with E-state index in [1.807, 2.05) is 6.07 Å². The molecule has 5 N–H and O–H groups in total. The molecule has 78 valence electrons. The SMILES string of the molecule is N.O=C(O)C(O)=Cc1ccccc1.[GeH4]. The number of hydrogen-bond donors (Lipinski definition) is 3. The number of benzene rings is 1. The fourth-order valence-corrected chi connectivity index (χ4v) is 0.769. The maximum absolute atomic E-state index is 10.2. The van der Waals surface area contributed by atoms with Gasteiger partial charge in [0.25, 0.3) is 0 Å². The molecule has 0 saturated heterocycles. The fourth-order valence-electron chi connectivity index (χ4n) is 0.769. The van der Waals surface area contributed by atoms with E-state index in [2.05, 4.69) is 0 Å². The molecule has 0 fully saturated rings. The van der Waals surface area contributed by atoms with Crippen molar-refractivity contribution in [3.8, 4) is 0 Å². The summed E-state index contributed by atoms with van der Waals surface area (Å²) in [5.41, 5.74) is 0.664. The number of carbonyl (C=O) groups is 1. The van der Waals surface area contributed by atoms with Crippen molar-refractivity contribution in [2.75, 3.05) is 0 Å². The standard InChI is InChI=1S/C9H8O3.GeH4.H3N/c10-8(9(11)12)6-7-4-2-1-3-5-7;;/h1-6,10H,(H,11,12);1H4;1H3. The Morgan fingerprint density at radius 3 is 2.07 bits per heavy atom. The van der Waals surface area contributed by atoms with Crippen LogP contribution in [0.4, 0.5) is 0 Å². The molecular weight excluding hydrogens is 243 g/mol. The Kier molecular flexibility index (Phi) is 7.79. The monoisotopic (exact) mass is 259 g/mol. The van der Waals surface area contributed by atoms with Gasteiger partial charge in [0.15, 0.2) is 0 Å². The van der Waals surface area contributed by atoms with Crippen LogP contribution in [-0.2, 0) is 4.79 Å². The number of rotatable bonds is 2. The van der Waals surface area contributed by atoms with E-state index in [4.69, 9.17) is 10.2 Å². The van der Waals surface area contributed by atoms with Gasteiger partial charge in [0.05, 0.1) is 0 Å². The van der Waals surface area contributed by atoms with Crippen LogP contribution >= 0.6 is 0 Å². The van der Waals surface area contributed by atoms with Crippen molar-refractivity contribution in [1.29, 1.82) is 0 Å². The number of carboxylic acid groups (broad SMARTS) is 1. The van der Waals surface area contributed by atoms with Gasteiger partial charge in [0.1, 0.15) is 0 Å². The van der Waals surface area contributed by atoms with Crippen LogP contribution in [-0.4, -0.2) is 33.8 Å². The van der Waals surface area contributed by atoms with Gasteiger partial charge >= 0.3 is 23.6 Å². The molecule has 0 saturated carbocycles. The molecule has 4 nitrogen and oxygen atoms in total. The number of aliphatic carboxylic acids is 1. The van der Waals surface area contributed by atoms with Crippen LogP contribution in [0.5, 0.6) is 0 Å². The summed E-state index contributed by atoms with van der Waals surface area (Å²) in [4.78, 5) is 10.2. The minimum absolute atomic E-state index is 0. The third-order valence-corrected chi connectivity index (χ3v) is 1.32. The Bertz CT molecular complexity index is 311. The Balaban J connectivity index is 0. The van der Waals surface area contributed by atoms with Crippen LogP contribution in [0.2, 0.25) is 0 Å². The minimum atomic E-state index is -1.32. The molecule has 0 heterocycles. The predicted molar refractivity (Wildman–Crippen MR) is 61.0 cm³/mol. The molecule has 0 radical (unpaired) electrons. The zero-order valence-electron chi connectivity index (χ0n) is 6.97. The molecule has 0 spiro atoms. The first-order chi connectivity index (χ1) is 5.70. The average molecular weight is 258 g/mol. The Hall–Kier alpha value is -1.27. The van der Waals surface area contributed by atoms with Crippen LogP contribution in [0.25, 0.3) is 6.08 Å². The molecule has 0 amide bonds. The van der Waals surface area contributed by atoms with Crippen molar-refractivity contribution < 1.29 is 15.0 Å². The third-order valence-electron chi connectivity index (χ3n) is 1.32. The van der Waals surface area contributed by atoms with Crippen LogP contribution in [0.3, 0.4) is 0 Å². The Labute approximate surface area is 92.8 Å². The van der Waals surface area contributed by atoms with Crippen LogP contribution in [0.15, 0.2) is 36.1 Å². The van der Waals surface area contributed by atoms with E-state index < -0.39 is 11.7 Å². The van der Waals surface area contributed by atoms with E-state index in [0.29, 0.717) is 5.56 Å². The Morgan fingerprint density at radius 2 is 1.64 bits per heavy atom. The Morgan fingerprint density at radius 1 is 1.14 bits per heavy atom. The summed E-state index contributed by atoms with van der Waals surface area (Å²) < 4.78 is 0. The number of aliphatic hydroxyl groups excluding tert-OH is 1. The molecule has 1 aromatic carbocycles. The van der Waals surface area contributed by atoms with Gasteiger partial charge in [-0.1, -0.05) is 30.3 Å². The molecule has 1 aromatic rings. The molecule has 1 rings (SSSR count). The van der Waals surface area contributed by atoms with E-state index in [1.165, 1.54) is 6.08 Å². The first kappa shape index (κ1) is 15.2. The molecular formula is C9H15GeNO3. The zero-order valence-corrected chi connectivity index (χ0v) is 6.97. The van der Waals surface area contributed by atoms with E-state index in [-0.39, 0.29) is 23.7 Å². The summed E-state index contributed by atoms with van der Waals surface area (Å²) in [5.74, 6) is -1.97. The van der Waals surface area contributed by atoms with Crippen LogP contribution in [0.1, 0.15) is 5.56 Å². The van der Waals surface area contributed by atoms with Crippen LogP contribution < -0.4 is 6.15 Å². The quantitative estimate of drug-likeness (QED) is 0.406. The molecule has 14 heavy (non-hydrogen) atoms. The molecule has 0 atom stereocenters. The van der Waals surface area contributed by atoms with E-state index in [0.717, 1.165) is 0 Å². The first-order valence-electron chi connectivity index (χ1n) is 3.39. The fraction of sp³-hybridized carbons (Fsp3) is 0. The summed E-state index contributed by atoms with van der Waals surface area (Å²) in [7, 11) is 0. The first-order valence-corrected chi connectivity index (χ1v) is 3.39. The number of hydrogen-bond acceptors (Lipinski definition) is 3. The molecule has 0 unspecified atom stereocenters. The predicted octanol–water partition coefficient (Wildman–Crippen LogP) is 0.380. The summed E-state index contributed by atoms with van der Waals surface area (Å²) in [6.45, 7) is 0. The summed E-state index contributed by atoms with van der Waals surface area (Å²) in [6, 6.07) is 8.76. The maximum atomic E-state index is 10.2. The van der Waals surface area contributed by atoms with Crippen molar-refractivity contribution in [2.45, 2.75) is 0 Å². The molecule has 0 aliphatic rings. The van der Waals surface area contributed by atoms with E-state index in [9.17, 15) is 4.79 Å². The third kappa shape index (κ3) is 4.68. The van der Waals surface area contributed by atoms with Gasteiger partial charge in [-0.05, 0) is 11.6 Å². The van der Waals surface area contributed by atoms with Crippen molar-refractivity contribution >= 4 is 29.6 Å². The van der Waals surface area contributed by atoms with Crippen molar-refractivity contribution in [3.05, 3.63) is 41.7 Å². The molecule has 5 heteroatoms. The second-order valence-corrected chi connectivity index (χ2v) is 2.25. The van der Waals surface area contributed by atoms with Gasteiger partial charge in [0, 0.05) is 0 Å². The normalized spacial score (nSPS) is 9.57. The summed E-state index contributed by atoms with van der Waals surface area (Å²) in [5, 5.41) is 17.2. The molecule has 0 aliphatic carbocycles. The van der Waals surface area contributed by atoms with Crippen molar-refractivity contribution in [1.82, 2.24) is 6.15 Å². The second kappa shape index (κ2) is 7.17. The number of aliphatic hydroxyl groups is 1. The van der Waals surface area contributed by atoms with Gasteiger partial charge in [-0.25, -0.2) is 4.79 Å². The van der Waals surface area contributed by atoms with Gasteiger partial charge in [-0.2, -0.15) is 0 Å². The van der Waals surface area contributed by atoms with Crippen molar-refractivity contribution in [3.63, 3.8) is 0 Å². The topological polar surface area (TPSA) is 92.5 Å². The molecule has 0 aliphatic heterocycles. The van der Waals surface area contributed by atoms with Crippen molar-refractivity contribution in [2.24, 2.45) is 0 Å². The van der Waals surface area contributed by atoms with E-state index in [1.54, 1.807) is 24.3 Å². The molecule has 0 bridgehead atoms. The number of carboxylic acids is 1. The summed E-state index contributed by atoms with van der Waals surface area (Å²) in [6.07, 6.45) is 1.20. The zero-order chi connectivity index (χ0) is 8.97. The van der Waals surface area contributed by atoms with E-state index >= 15 is 0 Å². The second-order valence-electron chi connectivity index (χ2n) is 2.25. The van der Waals surface area contributed by atoms with Gasteiger partial charge < -0.3 is 16.4 Å². The van der Waals surface area contributed by atoms with Gasteiger partial charge in [-0.15, -0.1) is 0 Å². The van der Waals surface area contributed by atoms with Crippen LogP contribution in [0, 0.1) is 0 Å². The van der Waals surface area contributed by atoms with Gasteiger partial charge in [-0.3, -0.25) is 0 Å². The summed E-state index contributed by atoms with van der Waals surface area (Å²) >= 11 is 0. The average Bonchev–Trinajstić information content (AvgIpc) is 2.06.